The Morgan fingerprint density at radius 2 is 1.94 bits per heavy atom. The Bertz CT molecular complexity index is 602. The van der Waals surface area contributed by atoms with E-state index in [4.69, 9.17) is 0 Å². The molecule has 2 aromatic heterocycles. The van der Waals surface area contributed by atoms with Crippen molar-refractivity contribution in [3.05, 3.63) is 52.7 Å². The van der Waals surface area contributed by atoms with Crippen LogP contribution in [0.15, 0.2) is 47.8 Å². The van der Waals surface area contributed by atoms with Crippen LogP contribution in [0.25, 0.3) is 11.4 Å². The molecule has 0 saturated heterocycles. The maximum atomic E-state index is 4.48. The Balaban J connectivity index is 1.70. The molecule has 0 amide bonds. The minimum atomic E-state index is 0.786. The molecule has 0 aliphatic carbocycles. The lowest BCUT2D eigenvalue weighted by Gasteiger charge is -1.97. The molecule has 2 heterocycles. The third kappa shape index (κ3) is 2.57. The first-order valence-corrected chi connectivity index (χ1v) is 7.22. The summed E-state index contributed by atoms with van der Waals surface area (Å²) in [6.45, 7) is 0.807. The minimum absolute atomic E-state index is 0.786. The molecule has 5 heteroatoms. The number of hydrogen-bond acceptors (Lipinski definition) is 5. The molecule has 0 aliphatic rings. The Hall–Kier alpha value is -1.72. The molecule has 90 valence electrons. The molecule has 3 nitrogen and oxygen atoms in total. The maximum Gasteiger partial charge on any atom is 0.203 e. The van der Waals surface area contributed by atoms with Crippen LogP contribution in [0.3, 0.4) is 0 Å². The third-order valence-corrected chi connectivity index (χ3v) is 4.00. The van der Waals surface area contributed by atoms with Crippen LogP contribution in [-0.2, 0) is 6.54 Å². The molecule has 1 N–H and O–H groups in total. The normalized spacial score (nSPS) is 10.4. The van der Waals surface area contributed by atoms with Crippen LogP contribution in [0, 0.1) is 0 Å². The lowest BCUT2D eigenvalue weighted by Crippen LogP contribution is -1.96. The number of benzene rings is 1. The zero-order valence-corrected chi connectivity index (χ0v) is 11.2. The monoisotopic (exact) mass is 273 g/mol. The molecule has 0 radical (unpaired) electrons. The summed E-state index contributed by atoms with van der Waals surface area (Å²) >= 11 is 3.14. The summed E-state index contributed by atoms with van der Waals surface area (Å²) in [4.78, 5) is 5.78. The van der Waals surface area contributed by atoms with Crippen LogP contribution in [0.2, 0.25) is 0 Å². The van der Waals surface area contributed by atoms with E-state index in [0.29, 0.717) is 0 Å². The van der Waals surface area contributed by atoms with Crippen molar-refractivity contribution in [2.75, 3.05) is 5.32 Å². The first-order valence-electron chi connectivity index (χ1n) is 5.57. The van der Waals surface area contributed by atoms with E-state index in [1.54, 1.807) is 11.3 Å². The highest BCUT2D eigenvalue weighted by Gasteiger charge is 2.05. The Morgan fingerprint density at radius 1 is 1.06 bits per heavy atom. The molecule has 3 aromatic rings. The van der Waals surface area contributed by atoms with Gasteiger partial charge in [-0.25, -0.2) is 0 Å². The molecule has 0 aliphatic heterocycles. The van der Waals surface area contributed by atoms with Gasteiger partial charge in [0.25, 0.3) is 0 Å². The average Bonchev–Trinajstić information content (AvgIpc) is 3.09. The van der Waals surface area contributed by atoms with Gasteiger partial charge in [0.2, 0.25) is 5.13 Å². The van der Waals surface area contributed by atoms with Crippen molar-refractivity contribution in [3.63, 3.8) is 0 Å². The number of hydrogen-bond donors (Lipinski definition) is 1. The van der Waals surface area contributed by atoms with Crippen molar-refractivity contribution >= 4 is 28.0 Å². The van der Waals surface area contributed by atoms with Gasteiger partial charge >= 0.3 is 0 Å². The standard InChI is InChI=1S/C13H11N3S2/c1-2-5-10(6-3-1)12-15-13(18-16-12)14-9-11-7-4-8-17-11/h1-8H,9H2,(H,14,15,16). The molecule has 0 atom stereocenters. The molecule has 1 aromatic carbocycles. The predicted molar refractivity (Wildman–Crippen MR) is 77.0 cm³/mol. The van der Waals surface area contributed by atoms with E-state index in [1.165, 1.54) is 16.4 Å². The van der Waals surface area contributed by atoms with Crippen LogP contribution < -0.4 is 5.32 Å². The SMILES string of the molecule is c1ccc(-c2nsc(NCc3cccs3)n2)cc1. The number of anilines is 1. The van der Waals surface area contributed by atoms with Gasteiger partial charge in [0.1, 0.15) is 0 Å². The number of thiophene rings is 1. The van der Waals surface area contributed by atoms with Crippen molar-refractivity contribution in [1.29, 1.82) is 0 Å². The highest BCUT2D eigenvalue weighted by molar-refractivity contribution is 7.10. The van der Waals surface area contributed by atoms with E-state index in [-0.39, 0.29) is 0 Å². The average molecular weight is 273 g/mol. The van der Waals surface area contributed by atoms with Crippen molar-refractivity contribution in [1.82, 2.24) is 9.36 Å². The summed E-state index contributed by atoms with van der Waals surface area (Å²) < 4.78 is 4.36. The second-order valence-corrected chi connectivity index (χ2v) is 5.51. The Kier molecular flexibility index (Phi) is 3.34. The van der Waals surface area contributed by atoms with E-state index in [0.717, 1.165) is 23.1 Å². The summed E-state index contributed by atoms with van der Waals surface area (Å²) in [5.41, 5.74) is 1.05. The van der Waals surface area contributed by atoms with Gasteiger partial charge in [-0.1, -0.05) is 36.4 Å². The molecule has 3 rings (SSSR count). The van der Waals surface area contributed by atoms with Gasteiger partial charge in [-0.3, -0.25) is 0 Å². The zero-order chi connectivity index (χ0) is 12.2. The molecule has 0 unspecified atom stereocenters. The fraction of sp³-hybridized carbons (Fsp3) is 0.0769. The molecule has 0 fully saturated rings. The number of nitrogens with zero attached hydrogens (tertiary/aromatic N) is 2. The largest absolute Gasteiger partial charge is 0.355 e. The zero-order valence-electron chi connectivity index (χ0n) is 9.54. The van der Waals surface area contributed by atoms with Gasteiger partial charge in [0.15, 0.2) is 5.82 Å². The highest BCUT2D eigenvalue weighted by atomic mass is 32.1. The molecule has 0 spiro atoms. The first-order chi connectivity index (χ1) is 8.92. The third-order valence-electron chi connectivity index (χ3n) is 2.45. The summed E-state index contributed by atoms with van der Waals surface area (Å²) in [5.74, 6) is 0.786. The van der Waals surface area contributed by atoms with Crippen LogP contribution in [0.5, 0.6) is 0 Å². The van der Waals surface area contributed by atoms with Gasteiger partial charge < -0.3 is 5.32 Å². The van der Waals surface area contributed by atoms with Crippen LogP contribution in [0.4, 0.5) is 5.13 Å². The van der Waals surface area contributed by atoms with Crippen LogP contribution in [-0.4, -0.2) is 9.36 Å². The van der Waals surface area contributed by atoms with Crippen LogP contribution >= 0.6 is 22.9 Å². The lowest BCUT2D eigenvalue weighted by atomic mass is 10.2. The van der Waals surface area contributed by atoms with E-state index < -0.39 is 0 Å². The topological polar surface area (TPSA) is 37.8 Å². The second-order valence-electron chi connectivity index (χ2n) is 3.72. The van der Waals surface area contributed by atoms with Crippen molar-refractivity contribution in [2.45, 2.75) is 6.54 Å². The molecular weight excluding hydrogens is 262 g/mol. The van der Waals surface area contributed by atoms with Crippen molar-refractivity contribution in [2.24, 2.45) is 0 Å². The van der Waals surface area contributed by atoms with Crippen molar-refractivity contribution < 1.29 is 0 Å². The van der Waals surface area contributed by atoms with Gasteiger partial charge in [-0.05, 0) is 11.4 Å². The van der Waals surface area contributed by atoms with E-state index in [1.807, 2.05) is 30.3 Å². The van der Waals surface area contributed by atoms with Gasteiger partial charge in [0.05, 0.1) is 6.54 Å². The predicted octanol–water partition coefficient (Wildman–Crippen LogP) is 3.88. The lowest BCUT2D eigenvalue weighted by molar-refractivity contribution is 1.17. The maximum absolute atomic E-state index is 4.48. The molecule has 0 bridgehead atoms. The van der Waals surface area contributed by atoms with E-state index in [2.05, 4.69) is 32.2 Å². The Morgan fingerprint density at radius 3 is 2.72 bits per heavy atom. The molecule has 0 saturated carbocycles. The summed E-state index contributed by atoms with van der Waals surface area (Å²) in [6, 6.07) is 14.2. The van der Waals surface area contributed by atoms with Crippen molar-refractivity contribution in [3.8, 4) is 11.4 Å². The number of rotatable bonds is 4. The van der Waals surface area contributed by atoms with Gasteiger partial charge in [-0.2, -0.15) is 9.36 Å². The first kappa shape index (κ1) is 11.4. The summed E-state index contributed by atoms with van der Waals surface area (Å²) in [6.07, 6.45) is 0. The quantitative estimate of drug-likeness (QED) is 0.784. The fourth-order valence-electron chi connectivity index (χ4n) is 1.58. The molecule has 18 heavy (non-hydrogen) atoms. The second kappa shape index (κ2) is 5.29. The summed E-state index contributed by atoms with van der Waals surface area (Å²) in [5, 5.41) is 6.23. The van der Waals surface area contributed by atoms with Gasteiger partial charge in [-0.15, -0.1) is 11.3 Å². The Labute approximate surface area is 113 Å². The van der Waals surface area contributed by atoms with E-state index in [9.17, 15) is 0 Å². The number of nitrogens with one attached hydrogen (secondary N) is 1. The van der Waals surface area contributed by atoms with Crippen LogP contribution in [0.1, 0.15) is 4.88 Å². The number of aromatic nitrogens is 2. The molecular formula is C13H11N3S2. The highest BCUT2D eigenvalue weighted by Crippen LogP contribution is 2.21. The summed E-state index contributed by atoms with van der Waals surface area (Å²) in [7, 11) is 0. The van der Waals surface area contributed by atoms with Gasteiger partial charge in [0, 0.05) is 22.0 Å². The van der Waals surface area contributed by atoms with E-state index >= 15 is 0 Å². The minimum Gasteiger partial charge on any atom is -0.355 e. The fourth-order valence-corrected chi connectivity index (χ4v) is 2.80. The smallest absolute Gasteiger partial charge is 0.203 e.